The number of phosphoric ester groups is 2. The normalized spacial score (nSPS) is 14.1. The summed E-state index contributed by atoms with van der Waals surface area (Å²) in [5, 5.41) is 10.7. The summed E-state index contributed by atoms with van der Waals surface area (Å²) >= 11 is 0. The molecule has 0 spiro atoms. The zero-order valence-corrected chi connectivity index (χ0v) is 71.5. The Kier molecular flexibility index (Phi) is 76.9. The van der Waals surface area contributed by atoms with E-state index in [9.17, 15) is 43.2 Å². The number of hydrogen-bond donors (Lipinski definition) is 3. The molecule has 0 bridgehead atoms. The summed E-state index contributed by atoms with van der Waals surface area (Å²) in [4.78, 5) is 73.2. The van der Waals surface area contributed by atoms with E-state index in [1.165, 1.54) is 276 Å². The predicted molar refractivity (Wildman–Crippen MR) is 437 cm³/mol. The van der Waals surface area contributed by atoms with Crippen LogP contribution in [0.4, 0.5) is 0 Å². The number of carbonyl (C=O) groups excluding carboxylic acids is 4. The van der Waals surface area contributed by atoms with E-state index in [0.717, 1.165) is 108 Å². The molecule has 0 aliphatic carbocycles. The predicted octanol–water partition coefficient (Wildman–Crippen LogP) is 26.6. The van der Waals surface area contributed by atoms with Crippen LogP contribution in [0.25, 0.3) is 0 Å². The average Bonchev–Trinajstić information content (AvgIpc) is 0.901. The lowest BCUT2D eigenvalue weighted by molar-refractivity contribution is -0.161. The summed E-state index contributed by atoms with van der Waals surface area (Å²) in [5.74, 6) is -0.549. The fourth-order valence-electron chi connectivity index (χ4n) is 13.6. The minimum atomic E-state index is -4.97. The number of esters is 4. The van der Waals surface area contributed by atoms with Crippen LogP contribution in [0.5, 0.6) is 0 Å². The number of hydrogen-bond acceptors (Lipinski definition) is 15. The van der Waals surface area contributed by atoms with Gasteiger partial charge in [0.15, 0.2) is 12.2 Å². The first kappa shape index (κ1) is 104. The zero-order valence-electron chi connectivity index (χ0n) is 69.7. The molecule has 0 aliphatic heterocycles. The largest absolute Gasteiger partial charge is 0.472 e. The minimum Gasteiger partial charge on any atom is -0.462 e. The monoisotopic (exact) mass is 1550 g/mol. The summed E-state index contributed by atoms with van der Waals surface area (Å²) in [5.41, 5.74) is 0. The SMILES string of the molecule is CCCCCCCCCCCCCCCCCCCCCCCCC(=O)O[C@H](COC(=O)CCCCCCCCCCCCCCCCCCCCC(C)C)COP(=O)(O)OC[C@@H](O)COP(=O)(O)OC[C@@H](COC(=O)CCCCCCCCC(C)CC)OC(=O)CCCCCCCCCCCCCCC. The van der Waals surface area contributed by atoms with Crippen molar-refractivity contribution in [2.24, 2.45) is 11.8 Å². The van der Waals surface area contributed by atoms with Gasteiger partial charge in [0.25, 0.3) is 0 Å². The zero-order chi connectivity index (χ0) is 77.8. The highest BCUT2D eigenvalue weighted by Crippen LogP contribution is 2.45. The van der Waals surface area contributed by atoms with Gasteiger partial charge in [0.05, 0.1) is 26.4 Å². The molecule has 17 nitrogen and oxygen atoms in total. The Balaban J connectivity index is 5.20. The van der Waals surface area contributed by atoms with Gasteiger partial charge in [0.1, 0.15) is 19.3 Å². The van der Waals surface area contributed by atoms with E-state index in [4.69, 9.17) is 37.0 Å². The Labute approximate surface area is 651 Å². The van der Waals surface area contributed by atoms with Gasteiger partial charge in [-0.1, -0.05) is 414 Å². The van der Waals surface area contributed by atoms with Crippen LogP contribution in [0.15, 0.2) is 0 Å². The highest BCUT2D eigenvalue weighted by Gasteiger charge is 2.30. The molecular formula is C87H170O17P2. The number of aliphatic hydroxyl groups excluding tert-OH is 1. The summed E-state index contributed by atoms with van der Waals surface area (Å²) in [6.07, 6.45) is 71.0. The molecule has 106 heavy (non-hydrogen) atoms. The lowest BCUT2D eigenvalue weighted by Gasteiger charge is -2.21. The third kappa shape index (κ3) is 78.7. The maximum atomic E-state index is 13.2. The van der Waals surface area contributed by atoms with E-state index in [2.05, 4.69) is 41.5 Å². The fraction of sp³-hybridized carbons (Fsp3) is 0.954. The molecule has 0 rings (SSSR count). The van der Waals surface area contributed by atoms with Crippen molar-refractivity contribution in [2.75, 3.05) is 39.6 Å². The van der Waals surface area contributed by atoms with Gasteiger partial charge < -0.3 is 33.8 Å². The van der Waals surface area contributed by atoms with Crippen LogP contribution in [0, 0.1) is 11.8 Å². The molecule has 0 radical (unpaired) electrons. The van der Waals surface area contributed by atoms with Crippen LogP contribution in [0.2, 0.25) is 0 Å². The van der Waals surface area contributed by atoms with Crippen LogP contribution in [-0.2, 0) is 65.4 Å². The molecule has 0 saturated carbocycles. The van der Waals surface area contributed by atoms with Crippen molar-refractivity contribution in [3.63, 3.8) is 0 Å². The van der Waals surface area contributed by atoms with Gasteiger partial charge in [0.2, 0.25) is 0 Å². The number of unbranched alkanes of at least 4 members (excludes halogenated alkanes) is 55. The van der Waals surface area contributed by atoms with Gasteiger partial charge in [-0.05, 0) is 37.5 Å². The lowest BCUT2D eigenvalue weighted by Crippen LogP contribution is -2.30. The molecule has 0 saturated heterocycles. The van der Waals surface area contributed by atoms with Gasteiger partial charge in [0, 0.05) is 25.7 Å². The van der Waals surface area contributed by atoms with E-state index < -0.39 is 97.5 Å². The van der Waals surface area contributed by atoms with Gasteiger partial charge >= 0.3 is 39.5 Å². The Morgan fingerprint density at radius 1 is 0.274 bits per heavy atom. The van der Waals surface area contributed by atoms with Crippen molar-refractivity contribution < 1.29 is 80.2 Å². The van der Waals surface area contributed by atoms with E-state index in [1.54, 1.807) is 0 Å². The maximum Gasteiger partial charge on any atom is 0.472 e. The van der Waals surface area contributed by atoms with Crippen LogP contribution >= 0.6 is 15.6 Å². The molecule has 3 unspecified atom stereocenters. The van der Waals surface area contributed by atoms with Crippen molar-refractivity contribution in [1.82, 2.24) is 0 Å². The van der Waals surface area contributed by atoms with Crippen LogP contribution in [0.3, 0.4) is 0 Å². The van der Waals surface area contributed by atoms with Gasteiger partial charge in [-0.15, -0.1) is 0 Å². The lowest BCUT2D eigenvalue weighted by atomic mass is 10.00. The van der Waals surface area contributed by atoms with Gasteiger partial charge in [-0.2, -0.15) is 0 Å². The number of rotatable bonds is 86. The number of aliphatic hydroxyl groups is 1. The van der Waals surface area contributed by atoms with Gasteiger partial charge in [-0.3, -0.25) is 37.3 Å². The average molecular weight is 1550 g/mol. The second-order valence-electron chi connectivity index (χ2n) is 32.0. The molecular weight excluding hydrogens is 1380 g/mol. The van der Waals surface area contributed by atoms with Crippen molar-refractivity contribution in [1.29, 1.82) is 0 Å². The van der Waals surface area contributed by atoms with Crippen molar-refractivity contribution in [3.8, 4) is 0 Å². The quantitative estimate of drug-likeness (QED) is 0.0222. The minimum absolute atomic E-state index is 0.107. The Morgan fingerprint density at radius 3 is 0.717 bits per heavy atom. The molecule has 630 valence electrons. The first-order chi connectivity index (χ1) is 51.4. The molecule has 0 aromatic carbocycles. The Hall–Kier alpha value is -1.94. The third-order valence-corrected chi connectivity index (χ3v) is 22.7. The molecule has 0 aliphatic rings. The van der Waals surface area contributed by atoms with Crippen molar-refractivity contribution in [3.05, 3.63) is 0 Å². The standard InChI is InChI=1S/C87H170O17P2/c1-7-10-12-14-16-18-20-22-23-24-25-26-27-28-33-36-40-44-48-52-60-66-72-86(91)103-82(75-97-84(89)69-63-57-50-46-42-39-35-32-30-29-31-34-38-41-45-49-55-61-67-79(4)5)77-101-105(93,94)99-73-81(88)74-100-106(95,96)102-78-83(76-98-85(90)70-64-58-54-53-56-62-68-80(6)9-3)104-87(92)71-65-59-51-47-43-37-21-19-17-15-13-11-8-2/h79-83,88H,7-78H2,1-6H3,(H,93,94)(H,95,96)/t80?,81-,82-,83-/m1/s1. The summed E-state index contributed by atoms with van der Waals surface area (Å²) < 4.78 is 68.9. The number of carbonyl (C=O) groups is 4. The number of ether oxygens (including phenoxy) is 4. The van der Waals surface area contributed by atoms with Gasteiger partial charge in [-0.25, -0.2) is 9.13 Å². The maximum absolute atomic E-state index is 13.2. The van der Waals surface area contributed by atoms with Crippen LogP contribution < -0.4 is 0 Å². The molecule has 0 heterocycles. The fourth-order valence-corrected chi connectivity index (χ4v) is 15.1. The first-order valence-corrected chi connectivity index (χ1v) is 48.0. The molecule has 0 fully saturated rings. The van der Waals surface area contributed by atoms with Crippen LogP contribution in [0.1, 0.15) is 465 Å². The molecule has 19 heteroatoms. The molecule has 6 atom stereocenters. The van der Waals surface area contributed by atoms with Crippen LogP contribution in [-0.4, -0.2) is 96.7 Å². The summed E-state index contributed by atoms with van der Waals surface area (Å²) in [6, 6.07) is 0. The molecule has 3 N–H and O–H groups in total. The van der Waals surface area contributed by atoms with Crippen molar-refractivity contribution in [2.45, 2.75) is 484 Å². The number of phosphoric acid groups is 2. The van der Waals surface area contributed by atoms with E-state index in [0.29, 0.717) is 25.7 Å². The second kappa shape index (κ2) is 78.3. The highest BCUT2D eigenvalue weighted by atomic mass is 31.2. The molecule has 0 amide bonds. The Morgan fingerprint density at radius 2 is 0.481 bits per heavy atom. The van der Waals surface area contributed by atoms with E-state index in [1.807, 2.05) is 0 Å². The molecule has 0 aromatic rings. The Bertz CT molecular complexity index is 2030. The van der Waals surface area contributed by atoms with E-state index in [-0.39, 0.29) is 25.7 Å². The summed E-state index contributed by atoms with van der Waals surface area (Å²) in [6.45, 7) is 9.66. The topological polar surface area (TPSA) is 237 Å². The first-order valence-electron chi connectivity index (χ1n) is 45.0. The second-order valence-corrected chi connectivity index (χ2v) is 34.9. The molecule has 0 aromatic heterocycles. The summed E-state index contributed by atoms with van der Waals surface area (Å²) in [7, 11) is -9.93. The highest BCUT2D eigenvalue weighted by molar-refractivity contribution is 7.47. The van der Waals surface area contributed by atoms with Crippen molar-refractivity contribution >= 4 is 39.5 Å². The smallest absolute Gasteiger partial charge is 0.462 e. The third-order valence-electron chi connectivity index (χ3n) is 20.8. The van der Waals surface area contributed by atoms with E-state index >= 15 is 0 Å².